The van der Waals surface area contributed by atoms with Crippen LogP contribution in [0, 0.1) is 0 Å². The summed E-state index contributed by atoms with van der Waals surface area (Å²) in [5.41, 5.74) is 1.17. The van der Waals surface area contributed by atoms with Gasteiger partial charge in [0.2, 0.25) is 5.88 Å². The molecule has 0 aliphatic carbocycles. The number of ether oxygens (including phenoxy) is 1. The van der Waals surface area contributed by atoms with Gasteiger partial charge in [-0.3, -0.25) is 0 Å². The highest BCUT2D eigenvalue weighted by molar-refractivity contribution is 5.17. The van der Waals surface area contributed by atoms with Gasteiger partial charge in [0, 0.05) is 24.8 Å². The third kappa shape index (κ3) is 4.45. The molecule has 0 aromatic carbocycles. The number of nitrogens with one attached hydrogen (secondary N) is 1. The van der Waals surface area contributed by atoms with Crippen molar-refractivity contribution in [1.82, 2.24) is 10.3 Å². The van der Waals surface area contributed by atoms with Crippen LogP contribution in [-0.4, -0.2) is 18.1 Å². The van der Waals surface area contributed by atoms with Gasteiger partial charge in [0.1, 0.15) is 0 Å². The van der Waals surface area contributed by atoms with Crippen molar-refractivity contribution in [2.24, 2.45) is 0 Å². The smallest absolute Gasteiger partial charge is 0.212 e. The zero-order valence-corrected chi connectivity index (χ0v) is 10.1. The van der Waals surface area contributed by atoms with Crippen LogP contribution in [-0.2, 0) is 6.54 Å². The SMILES string of the molecule is C=CCCC(C)NCc1ccc(OC)nc1. The summed E-state index contributed by atoms with van der Waals surface area (Å²) in [5.74, 6) is 0.656. The lowest BCUT2D eigenvalue weighted by atomic mass is 10.1. The van der Waals surface area contributed by atoms with E-state index in [1.807, 2.05) is 24.4 Å². The molecule has 88 valence electrons. The summed E-state index contributed by atoms with van der Waals surface area (Å²) in [4.78, 5) is 4.16. The number of aromatic nitrogens is 1. The highest BCUT2D eigenvalue weighted by Gasteiger charge is 2.00. The van der Waals surface area contributed by atoms with Crippen molar-refractivity contribution < 1.29 is 4.74 Å². The number of rotatable bonds is 7. The number of hydrogen-bond acceptors (Lipinski definition) is 3. The van der Waals surface area contributed by atoms with Crippen LogP contribution in [0.4, 0.5) is 0 Å². The number of nitrogens with zero attached hydrogens (tertiary/aromatic N) is 1. The Morgan fingerprint density at radius 2 is 2.38 bits per heavy atom. The molecule has 0 fully saturated rings. The molecule has 1 N–H and O–H groups in total. The van der Waals surface area contributed by atoms with Gasteiger partial charge in [-0.2, -0.15) is 0 Å². The van der Waals surface area contributed by atoms with Crippen LogP contribution in [0.25, 0.3) is 0 Å². The Hall–Kier alpha value is -1.35. The lowest BCUT2D eigenvalue weighted by Gasteiger charge is -2.12. The second-order valence-electron chi connectivity index (χ2n) is 3.86. The molecule has 0 spiro atoms. The Balaban J connectivity index is 2.33. The van der Waals surface area contributed by atoms with Gasteiger partial charge in [-0.15, -0.1) is 6.58 Å². The predicted molar refractivity (Wildman–Crippen MR) is 66.5 cm³/mol. The quantitative estimate of drug-likeness (QED) is 0.717. The molecule has 0 bridgehead atoms. The molecule has 1 unspecified atom stereocenters. The molecule has 0 saturated heterocycles. The van der Waals surface area contributed by atoms with Crippen molar-refractivity contribution in [1.29, 1.82) is 0 Å². The fourth-order valence-electron chi connectivity index (χ4n) is 1.40. The molecule has 0 radical (unpaired) electrons. The molecule has 0 saturated carbocycles. The highest BCUT2D eigenvalue weighted by atomic mass is 16.5. The van der Waals surface area contributed by atoms with Gasteiger partial charge in [-0.25, -0.2) is 4.98 Å². The Bertz CT molecular complexity index is 308. The van der Waals surface area contributed by atoms with E-state index < -0.39 is 0 Å². The Morgan fingerprint density at radius 3 is 2.94 bits per heavy atom. The minimum absolute atomic E-state index is 0.500. The van der Waals surface area contributed by atoms with Crippen molar-refractivity contribution in [3.05, 3.63) is 36.5 Å². The maximum Gasteiger partial charge on any atom is 0.212 e. The first kappa shape index (κ1) is 12.7. The van der Waals surface area contributed by atoms with Crippen LogP contribution in [0.5, 0.6) is 5.88 Å². The molecule has 1 atom stereocenters. The monoisotopic (exact) mass is 220 g/mol. The minimum Gasteiger partial charge on any atom is -0.481 e. The molecule has 0 amide bonds. The van der Waals surface area contributed by atoms with Crippen LogP contribution in [0.15, 0.2) is 31.0 Å². The van der Waals surface area contributed by atoms with Gasteiger partial charge < -0.3 is 10.1 Å². The van der Waals surface area contributed by atoms with Crippen molar-refractivity contribution in [2.75, 3.05) is 7.11 Å². The van der Waals surface area contributed by atoms with Gasteiger partial charge in [-0.05, 0) is 25.3 Å². The average molecular weight is 220 g/mol. The van der Waals surface area contributed by atoms with E-state index in [1.54, 1.807) is 7.11 Å². The summed E-state index contributed by atoms with van der Waals surface area (Å²) in [5, 5.41) is 3.44. The van der Waals surface area contributed by atoms with Crippen LogP contribution in [0.1, 0.15) is 25.3 Å². The zero-order valence-electron chi connectivity index (χ0n) is 10.1. The van der Waals surface area contributed by atoms with E-state index in [0.717, 1.165) is 19.4 Å². The van der Waals surface area contributed by atoms with E-state index in [0.29, 0.717) is 11.9 Å². The summed E-state index contributed by atoms with van der Waals surface area (Å²) in [6, 6.07) is 4.41. The number of pyridine rings is 1. The van der Waals surface area contributed by atoms with Crippen LogP contribution >= 0.6 is 0 Å². The van der Waals surface area contributed by atoms with Crippen LogP contribution in [0.3, 0.4) is 0 Å². The number of hydrogen-bond donors (Lipinski definition) is 1. The van der Waals surface area contributed by atoms with Crippen molar-refractivity contribution >= 4 is 0 Å². The summed E-state index contributed by atoms with van der Waals surface area (Å²) < 4.78 is 5.01. The van der Waals surface area contributed by atoms with Gasteiger partial charge in [-0.1, -0.05) is 12.1 Å². The summed E-state index contributed by atoms with van der Waals surface area (Å²) in [6.07, 6.45) is 5.96. The molecule has 3 heteroatoms. The van der Waals surface area contributed by atoms with E-state index >= 15 is 0 Å². The lowest BCUT2D eigenvalue weighted by Crippen LogP contribution is -2.25. The van der Waals surface area contributed by atoms with Crippen LogP contribution in [0.2, 0.25) is 0 Å². The molecular formula is C13H20N2O. The first-order valence-corrected chi connectivity index (χ1v) is 5.59. The fraction of sp³-hybridized carbons (Fsp3) is 0.462. The third-order valence-electron chi connectivity index (χ3n) is 2.47. The molecule has 1 aromatic rings. The van der Waals surface area contributed by atoms with E-state index in [-0.39, 0.29) is 0 Å². The zero-order chi connectivity index (χ0) is 11.8. The first-order valence-electron chi connectivity index (χ1n) is 5.59. The van der Waals surface area contributed by atoms with Crippen molar-refractivity contribution in [2.45, 2.75) is 32.4 Å². The standard InChI is InChI=1S/C13H20N2O/c1-4-5-6-11(2)14-9-12-7-8-13(16-3)15-10-12/h4,7-8,10-11,14H,1,5-6,9H2,2-3H3. The summed E-state index contributed by atoms with van der Waals surface area (Å²) >= 11 is 0. The second-order valence-corrected chi connectivity index (χ2v) is 3.86. The summed E-state index contributed by atoms with van der Waals surface area (Å²) in [7, 11) is 1.62. The predicted octanol–water partition coefficient (Wildman–Crippen LogP) is 2.53. The molecule has 1 aromatic heterocycles. The maximum atomic E-state index is 5.01. The Morgan fingerprint density at radius 1 is 1.56 bits per heavy atom. The Labute approximate surface area is 97.5 Å². The maximum absolute atomic E-state index is 5.01. The molecular weight excluding hydrogens is 200 g/mol. The molecule has 1 heterocycles. The third-order valence-corrected chi connectivity index (χ3v) is 2.47. The van der Waals surface area contributed by atoms with E-state index in [1.165, 1.54) is 5.56 Å². The second kappa shape index (κ2) is 7.01. The molecule has 16 heavy (non-hydrogen) atoms. The van der Waals surface area contributed by atoms with Gasteiger partial charge >= 0.3 is 0 Å². The van der Waals surface area contributed by atoms with E-state index in [2.05, 4.69) is 23.8 Å². The topological polar surface area (TPSA) is 34.1 Å². The van der Waals surface area contributed by atoms with E-state index in [4.69, 9.17) is 4.74 Å². The normalized spacial score (nSPS) is 12.1. The number of allylic oxidation sites excluding steroid dienone is 1. The minimum atomic E-state index is 0.500. The fourth-order valence-corrected chi connectivity index (χ4v) is 1.40. The average Bonchev–Trinajstić information content (AvgIpc) is 2.34. The largest absolute Gasteiger partial charge is 0.481 e. The van der Waals surface area contributed by atoms with Crippen molar-refractivity contribution in [3.63, 3.8) is 0 Å². The van der Waals surface area contributed by atoms with E-state index in [9.17, 15) is 0 Å². The van der Waals surface area contributed by atoms with Gasteiger partial charge in [0.25, 0.3) is 0 Å². The molecule has 3 nitrogen and oxygen atoms in total. The lowest BCUT2D eigenvalue weighted by molar-refractivity contribution is 0.397. The summed E-state index contributed by atoms with van der Waals surface area (Å²) in [6.45, 7) is 6.74. The highest BCUT2D eigenvalue weighted by Crippen LogP contribution is 2.07. The van der Waals surface area contributed by atoms with Crippen LogP contribution < -0.4 is 10.1 Å². The van der Waals surface area contributed by atoms with Crippen molar-refractivity contribution in [3.8, 4) is 5.88 Å². The van der Waals surface area contributed by atoms with Gasteiger partial charge in [0.05, 0.1) is 7.11 Å². The number of methoxy groups -OCH3 is 1. The molecule has 1 rings (SSSR count). The Kier molecular flexibility index (Phi) is 5.57. The van der Waals surface area contributed by atoms with Gasteiger partial charge in [0.15, 0.2) is 0 Å². The molecule has 0 aliphatic heterocycles. The first-order chi connectivity index (χ1) is 7.76. The molecule has 0 aliphatic rings.